The molecule has 0 aliphatic rings. The fourth-order valence-corrected chi connectivity index (χ4v) is 2.76. The van der Waals surface area contributed by atoms with Crippen molar-refractivity contribution in [2.24, 2.45) is 0 Å². The second-order valence-corrected chi connectivity index (χ2v) is 6.15. The van der Waals surface area contributed by atoms with E-state index in [4.69, 9.17) is 18.6 Å². The van der Waals surface area contributed by atoms with Crippen LogP contribution in [-0.2, 0) is 20.7 Å². The minimum atomic E-state index is -0.614. The van der Waals surface area contributed by atoms with E-state index in [-0.39, 0.29) is 23.5 Å². The molecular weight excluding hydrogens is 396 g/mol. The predicted molar refractivity (Wildman–Crippen MR) is 106 cm³/mol. The highest BCUT2D eigenvalue weighted by molar-refractivity contribution is 5.94. The van der Waals surface area contributed by atoms with Crippen molar-refractivity contribution in [1.82, 2.24) is 0 Å². The molecule has 0 saturated carbocycles. The van der Waals surface area contributed by atoms with Crippen LogP contribution in [0.4, 0.5) is 11.4 Å². The minimum absolute atomic E-state index is 0.0759. The zero-order valence-corrected chi connectivity index (χ0v) is 16.2. The van der Waals surface area contributed by atoms with Crippen molar-refractivity contribution in [3.8, 4) is 11.5 Å². The number of esters is 1. The molecule has 1 N–H and O–H groups in total. The quantitative estimate of drug-likeness (QED) is 0.338. The number of carbonyl (C=O) groups excluding carboxylic acids is 2. The molecule has 156 valence electrons. The fourth-order valence-electron chi connectivity index (χ4n) is 2.76. The number of benzene rings is 2. The molecule has 0 saturated heterocycles. The fraction of sp³-hybridized carbons (Fsp3) is 0.200. The molecule has 0 bridgehead atoms. The van der Waals surface area contributed by atoms with Crippen molar-refractivity contribution in [2.45, 2.75) is 6.42 Å². The summed E-state index contributed by atoms with van der Waals surface area (Å²) in [7, 11) is 2.86. The van der Waals surface area contributed by atoms with E-state index in [0.29, 0.717) is 16.9 Å². The van der Waals surface area contributed by atoms with E-state index in [1.54, 1.807) is 25.3 Å². The lowest BCUT2D eigenvalue weighted by Crippen LogP contribution is -2.21. The maximum atomic E-state index is 12.1. The number of nitrogens with one attached hydrogen (secondary N) is 1. The van der Waals surface area contributed by atoms with Gasteiger partial charge in [-0.25, -0.2) is 0 Å². The number of nitro groups is 1. The first-order chi connectivity index (χ1) is 14.4. The molecule has 10 nitrogen and oxygen atoms in total. The van der Waals surface area contributed by atoms with Gasteiger partial charge in [0.15, 0.2) is 6.61 Å². The Morgan fingerprint density at radius 1 is 1.13 bits per heavy atom. The molecule has 1 amide bonds. The van der Waals surface area contributed by atoms with Gasteiger partial charge in [-0.3, -0.25) is 19.7 Å². The van der Waals surface area contributed by atoms with E-state index in [1.807, 2.05) is 0 Å². The second-order valence-electron chi connectivity index (χ2n) is 6.15. The summed E-state index contributed by atoms with van der Waals surface area (Å²) >= 11 is 0. The Morgan fingerprint density at radius 3 is 2.63 bits per heavy atom. The number of anilines is 1. The van der Waals surface area contributed by atoms with E-state index in [9.17, 15) is 19.7 Å². The number of amides is 1. The number of hydrogen-bond donors (Lipinski definition) is 1. The third kappa shape index (κ3) is 4.66. The van der Waals surface area contributed by atoms with Crippen LogP contribution in [0.25, 0.3) is 11.0 Å². The van der Waals surface area contributed by atoms with Gasteiger partial charge >= 0.3 is 5.97 Å². The molecule has 0 radical (unpaired) electrons. The van der Waals surface area contributed by atoms with Gasteiger partial charge in [0.2, 0.25) is 0 Å². The number of methoxy groups -OCH3 is 2. The number of fused-ring (bicyclic) bond motifs is 1. The third-order valence-electron chi connectivity index (χ3n) is 4.23. The normalized spacial score (nSPS) is 10.5. The molecule has 0 unspecified atom stereocenters. The van der Waals surface area contributed by atoms with Crippen molar-refractivity contribution in [3.63, 3.8) is 0 Å². The molecule has 1 heterocycles. The number of non-ortho nitro benzene ring substituents is 1. The number of nitro benzene ring substituents is 1. The smallest absolute Gasteiger partial charge is 0.310 e. The predicted octanol–water partition coefficient (Wildman–Crippen LogP) is 3.08. The van der Waals surface area contributed by atoms with Gasteiger partial charge in [0, 0.05) is 23.1 Å². The molecule has 0 fully saturated rings. The van der Waals surface area contributed by atoms with E-state index in [0.717, 1.165) is 5.39 Å². The highest BCUT2D eigenvalue weighted by Gasteiger charge is 2.16. The molecule has 0 atom stereocenters. The number of carbonyl (C=O) groups is 2. The molecular formula is C20H18N2O8. The zero-order chi connectivity index (χ0) is 21.7. The van der Waals surface area contributed by atoms with Crippen LogP contribution in [0, 0.1) is 10.1 Å². The average Bonchev–Trinajstić information content (AvgIpc) is 3.14. The lowest BCUT2D eigenvalue weighted by Gasteiger charge is -2.10. The van der Waals surface area contributed by atoms with Crippen LogP contribution in [0.1, 0.15) is 5.56 Å². The van der Waals surface area contributed by atoms with Crippen molar-refractivity contribution < 1.29 is 33.1 Å². The third-order valence-corrected chi connectivity index (χ3v) is 4.23. The molecule has 3 aromatic rings. The summed E-state index contributed by atoms with van der Waals surface area (Å²) < 4.78 is 20.6. The van der Waals surface area contributed by atoms with Crippen molar-refractivity contribution >= 4 is 34.2 Å². The van der Waals surface area contributed by atoms with Crippen LogP contribution in [0.3, 0.4) is 0 Å². The first kappa shape index (κ1) is 20.6. The van der Waals surface area contributed by atoms with Gasteiger partial charge in [-0.1, -0.05) is 0 Å². The highest BCUT2D eigenvalue weighted by Crippen LogP contribution is 2.29. The number of ether oxygens (including phenoxy) is 3. The Balaban J connectivity index is 1.57. The minimum Gasteiger partial charge on any atom is -0.497 e. The molecule has 30 heavy (non-hydrogen) atoms. The van der Waals surface area contributed by atoms with E-state index < -0.39 is 23.4 Å². The standard InChI is InChI=1S/C20H18N2O8/c1-27-14-4-5-15-12(10-29-17(15)9-14)7-20(24)30-11-19(23)21-16-6-3-13(22(25)26)8-18(16)28-2/h3-6,8-10H,7,11H2,1-2H3,(H,21,23). The van der Waals surface area contributed by atoms with Crippen LogP contribution < -0.4 is 14.8 Å². The van der Waals surface area contributed by atoms with E-state index >= 15 is 0 Å². The van der Waals surface area contributed by atoms with Crippen LogP contribution in [0.2, 0.25) is 0 Å². The number of furan rings is 1. The van der Waals surface area contributed by atoms with Gasteiger partial charge in [-0.2, -0.15) is 0 Å². The van der Waals surface area contributed by atoms with Gasteiger partial charge in [0.25, 0.3) is 11.6 Å². The van der Waals surface area contributed by atoms with Gasteiger partial charge < -0.3 is 23.9 Å². The first-order valence-electron chi connectivity index (χ1n) is 8.73. The lowest BCUT2D eigenvalue weighted by molar-refractivity contribution is -0.384. The van der Waals surface area contributed by atoms with E-state index in [1.165, 1.54) is 31.6 Å². The molecule has 0 spiro atoms. The van der Waals surface area contributed by atoms with Crippen LogP contribution >= 0.6 is 0 Å². The Hall–Kier alpha value is -4.08. The maximum Gasteiger partial charge on any atom is 0.310 e. The van der Waals surface area contributed by atoms with E-state index in [2.05, 4.69) is 5.32 Å². The molecule has 0 aliphatic carbocycles. The largest absolute Gasteiger partial charge is 0.497 e. The van der Waals surface area contributed by atoms with Gasteiger partial charge in [0.05, 0.1) is 43.6 Å². The summed E-state index contributed by atoms with van der Waals surface area (Å²) in [5.74, 6) is -0.481. The number of hydrogen-bond acceptors (Lipinski definition) is 8. The van der Waals surface area contributed by atoms with Crippen LogP contribution in [-0.4, -0.2) is 37.6 Å². The van der Waals surface area contributed by atoms with Crippen molar-refractivity contribution in [2.75, 3.05) is 26.1 Å². The first-order valence-corrected chi connectivity index (χ1v) is 8.73. The summed E-state index contributed by atoms with van der Waals surface area (Å²) in [4.78, 5) is 34.4. The molecule has 0 aliphatic heterocycles. The molecule has 10 heteroatoms. The van der Waals surface area contributed by atoms with Crippen LogP contribution in [0.5, 0.6) is 11.5 Å². The average molecular weight is 414 g/mol. The maximum absolute atomic E-state index is 12.1. The number of rotatable bonds is 8. The Morgan fingerprint density at radius 2 is 1.93 bits per heavy atom. The summed E-state index contributed by atoms with van der Waals surface area (Å²) in [6, 6.07) is 8.97. The number of nitrogens with zero attached hydrogens (tertiary/aromatic N) is 1. The summed E-state index contributed by atoms with van der Waals surface area (Å²) in [5, 5.41) is 14.0. The summed E-state index contributed by atoms with van der Waals surface area (Å²) in [5.41, 5.74) is 1.23. The Bertz CT molecular complexity index is 1110. The topological polar surface area (TPSA) is 130 Å². The molecule has 1 aromatic heterocycles. The second kappa shape index (κ2) is 8.95. The van der Waals surface area contributed by atoms with Crippen LogP contribution in [0.15, 0.2) is 47.1 Å². The van der Waals surface area contributed by atoms with Crippen molar-refractivity contribution in [3.05, 3.63) is 58.3 Å². The summed E-state index contributed by atoms with van der Waals surface area (Å²) in [6.07, 6.45) is 1.38. The SMILES string of the molecule is COc1ccc2c(CC(=O)OCC(=O)Nc3ccc([N+](=O)[O-])cc3OC)coc2c1. The Kier molecular flexibility index (Phi) is 6.16. The summed E-state index contributed by atoms with van der Waals surface area (Å²) in [6.45, 7) is -0.525. The van der Waals surface area contributed by atoms with Gasteiger partial charge in [-0.05, 0) is 18.2 Å². The molecule has 2 aromatic carbocycles. The van der Waals surface area contributed by atoms with Crippen molar-refractivity contribution in [1.29, 1.82) is 0 Å². The monoisotopic (exact) mass is 414 g/mol. The van der Waals surface area contributed by atoms with Gasteiger partial charge in [0.1, 0.15) is 17.1 Å². The lowest BCUT2D eigenvalue weighted by atomic mass is 10.1. The molecule has 3 rings (SSSR count). The van der Waals surface area contributed by atoms with Gasteiger partial charge in [-0.15, -0.1) is 0 Å². The Labute approximate surface area is 170 Å². The highest BCUT2D eigenvalue weighted by atomic mass is 16.6. The zero-order valence-electron chi connectivity index (χ0n) is 16.2.